The van der Waals surface area contributed by atoms with Crippen molar-refractivity contribution in [1.82, 2.24) is 24.9 Å². The van der Waals surface area contributed by atoms with Gasteiger partial charge in [0.05, 0.1) is 11.4 Å². The predicted octanol–water partition coefficient (Wildman–Crippen LogP) is 13.5. The van der Waals surface area contributed by atoms with E-state index in [9.17, 15) is 0 Å². The minimum absolute atomic E-state index is 0.667. The molecule has 0 radical (unpaired) electrons. The molecule has 2 heterocycles. The van der Waals surface area contributed by atoms with Gasteiger partial charge in [-0.1, -0.05) is 202 Å². The van der Waals surface area contributed by atoms with E-state index in [1.807, 2.05) is 133 Å². The summed E-state index contributed by atoms with van der Waals surface area (Å²) in [6, 6.07) is 67.3. The first-order chi connectivity index (χ1) is 27.6. The zero-order valence-corrected chi connectivity index (χ0v) is 33.2. The third-order valence-corrected chi connectivity index (χ3v) is 10.0. The van der Waals surface area contributed by atoms with Gasteiger partial charge in [-0.25, -0.2) is 24.9 Å². The van der Waals surface area contributed by atoms with Gasteiger partial charge < -0.3 is 0 Å². The Bertz CT molecular complexity index is 2600. The summed E-state index contributed by atoms with van der Waals surface area (Å²) in [4.78, 5) is 23.8. The lowest BCUT2D eigenvalue weighted by molar-refractivity contribution is 1.07. The molecule has 56 heavy (non-hydrogen) atoms. The Morgan fingerprint density at radius 1 is 0.232 bits per heavy atom. The fraction of sp³-hybridized carbons (Fsp3) is 0. The largest absolute Gasteiger partial charge is 0.228 e. The average Bonchev–Trinajstić information content (AvgIpc) is 3.28. The van der Waals surface area contributed by atoms with Crippen LogP contribution < -0.4 is 0 Å². The maximum Gasteiger partial charge on any atom is 0.164 e. The summed E-state index contributed by atoms with van der Waals surface area (Å²) >= 11 is 6.98. The molecule has 9 aromatic rings. The van der Waals surface area contributed by atoms with Crippen LogP contribution in [0.2, 0.25) is 0 Å². The SMILES string of the molecule is Brc1ccc(-c2cc(-c3ccc(-c4ccccc4)cc3)nc(-c3ccccc3)n2)cc1.Brc1ccc(-c2nc(-c3ccccc3)nc(-c3ccccc3)n2)cc1. The zero-order valence-electron chi connectivity index (χ0n) is 30.0. The van der Waals surface area contributed by atoms with Crippen molar-refractivity contribution < 1.29 is 0 Å². The molecule has 0 amide bonds. The monoisotopic (exact) mass is 849 g/mol. The molecule has 0 bridgehead atoms. The fourth-order valence-electron chi connectivity index (χ4n) is 6.08. The van der Waals surface area contributed by atoms with Gasteiger partial charge in [-0.2, -0.15) is 0 Å². The summed E-state index contributed by atoms with van der Waals surface area (Å²) in [5.74, 6) is 2.74. The Kier molecular flexibility index (Phi) is 11.3. The summed E-state index contributed by atoms with van der Waals surface area (Å²) in [6.07, 6.45) is 0. The predicted molar refractivity (Wildman–Crippen MR) is 235 cm³/mol. The summed E-state index contributed by atoms with van der Waals surface area (Å²) in [6.45, 7) is 0. The van der Waals surface area contributed by atoms with Crippen molar-refractivity contribution in [3.8, 4) is 79.2 Å². The lowest BCUT2D eigenvalue weighted by Crippen LogP contribution is -1.99. The minimum Gasteiger partial charge on any atom is -0.228 e. The Hall–Kier alpha value is -6.41. The second-order valence-electron chi connectivity index (χ2n) is 12.8. The van der Waals surface area contributed by atoms with Crippen LogP contribution in [0.4, 0.5) is 0 Å². The smallest absolute Gasteiger partial charge is 0.164 e. The van der Waals surface area contributed by atoms with Gasteiger partial charge in [0, 0.05) is 42.3 Å². The summed E-state index contributed by atoms with van der Waals surface area (Å²) in [5.41, 5.74) is 10.2. The van der Waals surface area contributed by atoms with E-state index in [0.29, 0.717) is 17.5 Å². The van der Waals surface area contributed by atoms with E-state index in [1.54, 1.807) is 0 Å². The Balaban J connectivity index is 0.000000161. The van der Waals surface area contributed by atoms with Gasteiger partial charge >= 0.3 is 0 Å². The van der Waals surface area contributed by atoms with E-state index < -0.39 is 0 Å². The van der Waals surface area contributed by atoms with Crippen LogP contribution in [0.1, 0.15) is 0 Å². The molecule has 0 aliphatic heterocycles. The maximum absolute atomic E-state index is 4.90. The average molecular weight is 852 g/mol. The van der Waals surface area contributed by atoms with Crippen molar-refractivity contribution in [2.45, 2.75) is 0 Å². The lowest BCUT2D eigenvalue weighted by atomic mass is 10.0. The summed E-state index contributed by atoms with van der Waals surface area (Å²) in [5, 5.41) is 0. The van der Waals surface area contributed by atoms with Crippen molar-refractivity contribution >= 4 is 31.9 Å². The number of halogens is 2. The highest BCUT2D eigenvalue weighted by Gasteiger charge is 2.13. The van der Waals surface area contributed by atoms with Crippen LogP contribution in [0.25, 0.3) is 79.2 Å². The molecular formula is C49H33Br2N5. The van der Waals surface area contributed by atoms with Crippen molar-refractivity contribution in [3.05, 3.63) is 209 Å². The zero-order chi connectivity index (χ0) is 38.1. The van der Waals surface area contributed by atoms with Crippen molar-refractivity contribution in [2.24, 2.45) is 0 Å². The number of benzene rings is 7. The van der Waals surface area contributed by atoms with Crippen LogP contribution in [0, 0.1) is 0 Å². The number of hydrogen-bond acceptors (Lipinski definition) is 5. The second-order valence-corrected chi connectivity index (χ2v) is 14.7. The highest BCUT2D eigenvalue weighted by atomic mass is 79.9. The number of rotatable bonds is 7. The highest BCUT2D eigenvalue weighted by Crippen LogP contribution is 2.30. The lowest BCUT2D eigenvalue weighted by Gasteiger charge is -2.10. The molecule has 0 N–H and O–H groups in total. The molecular weight excluding hydrogens is 818 g/mol. The molecule has 0 spiro atoms. The molecule has 0 unspecified atom stereocenters. The van der Waals surface area contributed by atoms with E-state index in [-0.39, 0.29) is 0 Å². The van der Waals surface area contributed by atoms with E-state index in [4.69, 9.17) is 19.9 Å². The third-order valence-electron chi connectivity index (χ3n) is 8.99. The Morgan fingerprint density at radius 2 is 0.482 bits per heavy atom. The first-order valence-electron chi connectivity index (χ1n) is 18.0. The summed E-state index contributed by atoms with van der Waals surface area (Å²) < 4.78 is 2.07. The Labute approximate surface area is 343 Å². The van der Waals surface area contributed by atoms with Gasteiger partial charge in [0.1, 0.15) is 0 Å². The van der Waals surface area contributed by atoms with E-state index in [1.165, 1.54) is 11.1 Å². The number of aromatic nitrogens is 5. The minimum atomic E-state index is 0.667. The molecule has 2 aromatic heterocycles. The standard InChI is InChI=1S/C28H19BrN2.C21H14BrN3/c29-25-17-15-23(16-18-25)27-19-26(30-28(31-27)24-9-5-2-6-10-24)22-13-11-21(12-14-22)20-7-3-1-4-8-20;22-18-13-11-17(12-14-18)21-24-19(15-7-3-1-4-8-15)23-20(25-21)16-9-5-2-6-10-16/h1-19H;1-14H. The molecule has 9 rings (SSSR count). The molecule has 0 aliphatic rings. The van der Waals surface area contributed by atoms with Gasteiger partial charge in [-0.15, -0.1) is 0 Å². The van der Waals surface area contributed by atoms with Crippen LogP contribution in [0.3, 0.4) is 0 Å². The first-order valence-corrected chi connectivity index (χ1v) is 19.6. The number of hydrogen-bond donors (Lipinski definition) is 0. The molecule has 0 fully saturated rings. The molecule has 0 saturated carbocycles. The molecule has 5 nitrogen and oxygen atoms in total. The first kappa shape index (κ1) is 36.6. The molecule has 0 saturated heterocycles. The van der Waals surface area contributed by atoms with Gasteiger partial charge in [0.15, 0.2) is 23.3 Å². The highest BCUT2D eigenvalue weighted by molar-refractivity contribution is 9.10. The van der Waals surface area contributed by atoms with Gasteiger partial charge in [-0.05, 0) is 41.5 Å². The third kappa shape index (κ3) is 8.92. The quantitative estimate of drug-likeness (QED) is 0.160. The molecule has 7 aromatic carbocycles. The second kappa shape index (κ2) is 17.4. The fourth-order valence-corrected chi connectivity index (χ4v) is 6.61. The Morgan fingerprint density at radius 3 is 0.857 bits per heavy atom. The van der Waals surface area contributed by atoms with Gasteiger partial charge in [0.2, 0.25) is 0 Å². The van der Waals surface area contributed by atoms with E-state index in [2.05, 4.69) is 104 Å². The maximum atomic E-state index is 4.90. The topological polar surface area (TPSA) is 64.5 Å². The van der Waals surface area contributed by atoms with Gasteiger partial charge in [-0.3, -0.25) is 0 Å². The van der Waals surface area contributed by atoms with E-state index in [0.717, 1.165) is 59.5 Å². The molecule has 0 atom stereocenters. The van der Waals surface area contributed by atoms with Gasteiger partial charge in [0.25, 0.3) is 0 Å². The normalized spacial score (nSPS) is 10.7. The molecule has 268 valence electrons. The van der Waals surface area contributed by atoms with Crippen molar-refractivity contribution in [1.29, 1.82) is 0 Å². The van der Waals surface area contributed by atoms with Crippen LogP contribution in [-0.2, 0) is 0 Å². The van der Waals surface area contributed by atoms with E-state index >= 15 is 0 Å². The van der Waals surface area contributed by atoms with Crippen LogP contribution >= 0.6 is 31.9 Å². The van der Waals surface area contributed by atoms with Crippen LogP contribution in [0.15, 0.2) is 209 Å². The molecule has 0 aliphatic carbocycles. The number of nitrogens with zero attached hydrogens (tertiary/aromatic N) is 5. The summed E-state index contributed by atoms with van der Waals surface area (Å²) in [7, 11) is 0. The van der Waals surface area contributed by atoms with Crippen molar-refractivity contribution in [2.75, 3.05) is 0 Å². The molecule has 7 heteroatoms. The van der Waals surface area contributed by atoms with Crippen LogP contribution in [0.5, 0.6) is 0 Å². The van der Waals surface area contributed by atoms with Crippen molar-refractivity contribution in [3.63, 3.8) is 0 Å². The van der Waals surface area contributed by atoms with Crippen LogP contribution in [-0.4, -0.2) is 24.9 Å².